The van der Waals surface area contributed by atoms with Crippen molar-refractivity contribution < 1.29 is 13.7 Å². The average Bonchev–Trinajstić information content (AvgIpc) is 2.76. The van der Waals surface area contributed by atoms with Crippen molar-refractivity contribution in [3.05, 3.63) is 12.2 Å². The van der Waals surface area contributed by atoms with Gasteiger partial charge < -0.3 is 9.64 Å². The molecule has 4 atom stereocenters. The molecular formula is C14H23NO3S. The van der Waals surface area contributed by atoms with Crippen LogP contribution in [0.2, 0.25) is 0 Å². The Morgan fingerprint density at radius 1 is 1.47 bits per heavy atom. The smallest absolute Gasteiger partial charge is 0.228 e. The van der Waals surface area contributed by atoms with Crippen LogP contribution in [0.15, 0.2) is 12.2 Å². The predicted octanol–water partition coefficient (Wildman–Crippen LogP) is 1.19. The van der Waals surface area contributed by atoms with E-state index in [-0.39, 0.29) is 17.9 Å². The van der Waals surface area contributed by atoms with Gasteiger partial charge in [-0.15, -0.1) is 0 Å². The number of nitrogens with zero attached hydrogens (tertiary/aromatic N) is 1. The maximum Gasteiger partial charge on any atom is 0.228 e. The molecule has 0 bridgehead atoms. The van der Waals surface area contributed by atoms with Crippen LogP contribution in [0.3, 0.4) is 0 Å². The predicted molar refractivity (Wildman–Crippen MR) is 76.3 cm³/mol. The molecule has 1 amide bonds. The first kappa shape index (κ1) is 14.7. The van der Waals surface area contributed by atoms with Crippen molar-refractivity contribution in [1.82, 2.24) is 4.90 Å². The molecule has 0 aromatic rings. The van der Waals surface area contributed by atoms with E-state index in [1.807, 2.05) is 11.8 Å². The van der Waals surface area contributed by atoms with Crippen LogP contribution in [0.4, 0.5) is 0 Å². The third kappa shape index (κ3) is 3.45. The van der Waals surface area contributed by atoms with Crippen LogP contribution < -0.4 is 0 Å². The summed E-state index contributed by atoms with van der Waals surface area (Å²) in [7, 11) is -0.787. The molecule has 2 aliphatic rings. The lowest BCUT2D eigenvalue weighted by Gasteiger charge is -2.27. The Hall–Kier alpha value is -0.680. The van der Waals surface area contributed by atoms with Crippen LogP contribution in [0.25, 0.3) is 0 Å². The minimum Gasteiger partial charge on any atom is -0.373 e. The second-order valence-electron chi connectivity index (χ2n) is 5.73. The first-order valence-corrected chi connectivity index (χ1v) is 8.38. The summed E-state index contributed by atoms with van der Waals surface area (Å²) in [4.78, 5) is 14.5. The summed E-state index contributed by atoms with van der Waals surface area (Å²) in [5, 5.41) is 0. The Morgan fingerprint density at radius 2 is 2.21 bits per heavy atom. The van der Waals surface area contributed by atoms with Crippen molar-refractivity contribution in [3.63, 3.8) is 0 Å². The topological polar surface area (TPSA) is 46.6 Å². The number of carbonyl (C=O) groups excluding carboxylic acids is 1. The van der Waals surface area contributed by atoms with Gasteiger partial charge in [0.2, 0.25) is 5.91 Å². The zero-order valence-corrected chi connectivity index (χ0v) is 12.6. The summed E-state index contributed by atoms with van der Waals surface area (Å²) in [6, 6.07) is 0. The molecule has 4 nitrogen and oxygen atoms in total. The molecule has 2 saturated heterocycles. The van der Waals surface area contributed by atoms with E-state index in [1.54, 1.807) is 0 Å². The highest BCUT2D eigenvalue weighted by Gasteiger charge is 2.37. The molecule has 0 N–H and O–H groups in total. The van der Waals surface area contributed by atoms with E-state index < -0.39 is 10.8 Å². The number of rotatable bonds is 2. The third-order valence-corrected chi connectivity index (χ3v) is 5.38. The molecule has 0 aromatic heterocycles. The van der Waals surface area contributed by atoms with Crippen LogP contribution in [-0.4, -0.2) is 52.3 Å². The number of hydrogen-bond donors (Lipinski definition) is 0. The van der Waals surface area contributed by atoms with E-state index in [0.29, 0.717) is 37.1 Å². The van der Waals surface area contributed by atoms with Gasteiger partial charge in [-0.1, -0.05) is 19.1 Å². The molecule has 5 heteroatoms. The molecular weight excluding hydrogens is 262 g/mol. The quantitative estimate of drug-likeness (QED) is 0.716. The summed E-state index contributed by atoms with van der Waals surface area (Å²) < 4.78 is 17.3. The molecule has 0 unspecified atom stereocenters. The Kier molecular flexibility index (Phi) is 4.79. The van der Waals surface area contributed by atoms with Crippen LogP contribution in [0.1, 0.15) is 20.3 Å². The second-order valence-corrected chi connectivity index (χ2v) is 7.35. The summed E-state index contributed by atoms with van der Waals surface area (Å²) in [6.07, 6.45) is 0.626. The first-order chi connectivity index (χ1) is 8.99. The lowest BCUT2D eigenvalue weighted by molar-refractivity contribution is -0.136. The molecule has 2 rings (SSSR count). The van der Waals surface area contributed by atoms with Gasteiger partial charge in [-0.05, 0) is 19.3 Å². The van der Waals surface area contributed by atoms with Gasteiger partial charge in [0.15, 0.2) is 0 Å². The highest BCUT2D eigenvalue weighted by molar-refractivity contribution is 7.85. The van der Waals surface area contributed by atoms with Gasteiger partial charge >= 0.3 is 0 Å². The summed E-state index contributed by atoms with van der Waals surface area (Å²) in [5.74, 6) is 1.65. The van der Waals surface area contributed by atoms with Crippen molar-refractivity contribution in [1.29, 1.82) is 0 Å². The molecule has 0 radical (unpaired) electrons. The van der Waals surface area contributed by atoms with Crippen LogP contribution in [-0.2, 0) is 20.3 Å². The number of amides is 1. The van der Waals surface area contributed by atoms with Gasteiger partial charge in [-0.25, -0.2) is 0 Å². The van der Waals surface area contributed by atoms with Crippen LogP contribution >= 0.6 is 0 Å². The fourth-order valence-corrected chi connectivity index (χ4v) is 4.23. The molecule has 19 heavy (non-hydrogen) atoms. The third-order valence-electron chi connectivity index (χ3n) is 3.80. The Labute approximate surface area is 117 Å². The van der Waals surface area contributed by atoms with Crippen molar-refractivity contribution >= 4 is 16.7 Å². The van der Waals surface area contributed by atoms with E-state index >= 15 is 0 Å². The molecule has 0 spiro atoms. The zero-order chi connectivity index (χ0) is 14.0. The number of carbonyl (C=O) groups is 1. The highest BCUT2D eigenvalue weighted by atomic mass is 32.2. The molecule has 2 fully saturated rings. The van der Waals surface area contributed by atoms with Crippen LogP contribution in [0.5, 0.6) is 0 Å². The standard InChI is InChI=1S/C14H23NO3S/c1-10(2)13-12(4-6-18-13)14(16)15-5-7-19(17)9-11(3)8-15/h11-13H,1,4-9H2,2-3H3/t11-,12+,13+,19+/m0/s1. The van der Waals surface area contributed by atoms with E-state index in [4.69, 9.17) is 4.74 Å². The van der Waals surface area contributed by atoms with Gasteiger partial charge in [0.25, 0.3) is 0 Å². The maximum absolute atomic E-state index is 12.6. The van der Waals surface area contributed by atoms with Crippen molar-refractivity contribution in [3.8, 4) is 0 Å². The number of hydrogen-bond acceptors (Lipinski definition) is 3. The van der Waals surface area contributed by atoms with Crippen molar-refractivity contribution in [2.45, 2.75) is 26.4 Å². The fourth-order valence-electron chi connectivity index (χ4n) is 2.90. The zero-order valence-electron chi connectivity index (χ0n) is 11.8. The Bertz CT molecular complexity index is 396. The molecule has 0 aliphatic carbocycles. The molecule has 2 aliphatic heterocycles. The summed E-state index contributed by atoms with van der Waals surface area (Å²) >= 11 is 0. The molecule has 0 saturated carbocycles. The lowest BCUT2D eigenvalue weighted by atomic mass is 9.95. The van der Waals surface area contributed by atoms with Gasteiger partial charge in [0.05, 0.1) is 12.0 Å². The minimum atomic E-state index is -0.787. The second kappa shape index (κ2) is 6.18. The normalized spacial score (nSPS) is 36.0. The van der Waals surface area contributed by atoms with E-state index in [1.165, 1.54) is 0 Å². The monoisotopic (exact) mass is 285 g/mol. The van der Waals surface area contributed by atoms with Crippen molar-refractivity contribution in [2.75, 3.05) is 31.2 Å². The minimum absolute atomic E-state index is 0.101. The Morgan fingerprint density at radius 3 is 2.89 bits per heavy atom. The summed E-state index contributed by atoms with van der Waals surface area (Å²) in [6.45, 7) is 9.84. The average molecular weight is 285 g/mol. The van der Waals surface area contributed by atoms with Crippen LogP contribution in [0, 0.1) is 11.8 Å². The lowest BCUT2D eigenvalue weighted by Crippen LogP contribution is -2.42. The number of ether oxygens (including phenoxy) is 1. The van der Waals surface area contributed by atoms with E-state index in [9.17, 15) is 9.00 Å². The van der Waals surface area contributed by atoms with E-state index in [2.05, 4.69) is 13.5 Å². The molecule has 2 heterocycles. The fraction of sp³-hybridized carbons (Fsp3) is 0.786. The largest absolute Gasteiger partial charge is 0.373 e. The van der Waals surface area contributed by atoms with Crippen molar-refractivity contribution in [2.24, 2.45) is 11.8 Å². The SMILES string of the molecule is C=C(C)[C@H]1OCC[C@H]1C(=O)N1CC[S@@](=O)C[C@@H](C)C1. The van der Waals surface area contributed by atoms with E-state index in [0.717, 1.165) is 12.0 Å². The highest BCUT2D eigenvalue weighted by Crippen LogP contribution is 2.28. The summed E-state index contributed by atoms with van der Waals surface area (Å²) in [5.41, 5.74) is 0.919. The van der Waals surface area contributed by atoms with Gasteiger partial charge in [0, 0.05) is 42.0 Å². The first-order valence-electron chi connectivity index (χ1n) is 6.89. The van der Waals surface area contributed by atoms with Gasteiger partial charge in [-0.2, -0.15) is 0 Å². The molecule has 0 aromatic carbocycles. The van der Waals surface area contributed by atoms with Gasteiger partial charge in [0.1, 0.15) is 0 Å². The Balaban J connectivity index is 2.06. The maximum atomic E-state index is 12.6. The van der Waals surface area contributed by atoms with Gasteiger partial charge in [-0.3, -0.25) is 9.00 Å². The molecule has 108 valence electrons.